The molecule has 0 spiro atoms. The van der Waals surface area contributed by atoms with Gasteiger partial charge in [-0.3, -0.25) is 14.4 Å². The number of benzene rings is 1. The van der Waals surface area contributed by atoms with Crippen molar-refractivity contribution < 1.29 is 9.59 Å². The van der Waals surface area contributed by atoms with Crippen LogP contribution in [0.2, 0.25) is 0 Å². The Morgan fingerprint density at radius 2 is 1.96 bits per heavy atom. The number of nitrogens with one attached hydrogen (secondary N) is 2. The Morgan fingerprint density at radius 3 is 2.65 bits per heavy atom. The Bertz CT molecular complexity index is 898. The molecule has 2 aromatic rings. The van der Waals surface area contributed by atoms with Crippen molar-refractivity contribution in [3.05, 3.63) is 40.3 Å². The van der Waals surface area contributed by atoms with Gasteiger partial charge in [0.15, 0.2) is 0 Å². The summed E-state index contributed by atoms with van der Waals surface area (Å²) in [6, 6.07) is 6.63. The van der Waals surface area contributed by atoms with E-state index in [-0.39, 0.29) is 29.3 Å². The van der Waals surface area contributed by atoms with Crippen molar-refractivity contribution in [3.8, 4) is 0 Å². The van der Waals surface area contributed by atoms with Crippen molar-refractivity contribution in [2.75, 3.05) is 6.54 Å². The highest BCUT2D eigenvalue weighted by molar-refractivity contribution is 5.92. The largest absolute Gasteiger partial charge is 0.350 e. The van der Waals surface area contributed by atoms with Gasteiger partial charge in [0.2, 0.25) is 11.8 Å². The summed E-state index contributed by atoms with van der Waals surface area (Å²) < 4.78 is 0. The highest BCUT2D eigenvalue weighted by Gasteiger charge is 2.35. The van der Waals surface area contributed by atoms with Crippen LogP contribution in [0, 0.1) is 0 Å². The number of likely N-dealkylation sites (tertiary alicyclic amines) is 1. The van der Waals surface area contributed by atoms with E-state index in [0.717, 1.165) is 6.42 Å². The Labute approximate surface area is 151 Å². The number of carbonyl (C=O) groups excluding carboxylic acids is 2. The molecule has 0 aliphatic carbocycles. The van der Waals surface area contributed by atoms with Gasteiger partial charge in [-0.1, -0.05) is 18.2 Å². The maximum absolute atomic E-state index is 12.8. The molecule has 2 amide bonds. The molecule has 1 aromatic heterocycles. The Hall–Kier alpha value is -2.70. The van der Waals surface area contributed by atoms with Crippen LogP contribution in [0.5, 0.6) is 0 Å². The molecule has 1 aliphatic heterocycles. The van der Waals surface area contributed by atoms with E-state index in [9.17, 15) is 14.4 Å². The molecule has 1 aromatic carbocycles. The van der Waals surface area contributed by atoms with Gasteiger partial charge in [0.05, 0.1) is 17.5 Å². The molecule has 7 heteroatoms. The van der Waals surface area contributed by atoms with Gasteiger partial charge < -0.3 is 10.2 Å². The number of aromatic nitrogens is 2. The third-order valence-electron chi connectivity index (χ3n) is 4.47. The molecule has 26 heavy (non-hydrogen) atoms. The number of carbonyl (C=O) groups is 2. The lowest BCUT2D eigenvalue weighted by Crippen LogP contribution is -2.51. The number of fused-ring (bicyclic) bond motifs is 1. The molecule has 1 atom stereocenters. The molecule has 138 valence electrons. The molecule has 2 N–H and O–H groups in total. The minimum absolute atomic E-state index is 0.0522. The molecule has 1 fully saturated rings. The summed E-state index contributed by atoms with van der Waals surface area (Å²) in [5.41, 5.74) is -0.0992. The van der Waals surface area contributed by atoms with Gasteiger partial charge >= 0.3 is 0 Å². The number of hydrogen-bond donors (Lipinski definition) is 2. The van der Waals surface area contributed by atoms with Crippen LogP contribution in [0.3, 0.4) is 0 Å². The predicted molar refractivity (Wildman–Crippen MR) is 98.7 cm³/mol. The summed E-state index contributed by atoms with van der Waals surface area (Å²) in [6.45, 7) is 6.31. The average molecular weight is 356 g/mol. The average Bonchev–Trinajstić information content (AvgIpc) is 3.06. The normalized spacial score (nSPS) is 17.5. The minimum atomic E-state index is -0.448. The third-order valence-corrected chi connectivity index (χ3v) is 4.47. The SMILES string of the molecule is CC(C)(C)NC(=O)C1CCCN1C(=O)Cc1n[nH]c(=O)c2ccccc12. The van der Waals surface area contributed by atoms with Gasteiger partial charge in [0.1, 0.15) is 6.04 Å². The highest BCUT2D eigenvalue weighted by atomic mass is 16.2. The molecule has 1 unspecified atom stereocenters. The first-order valence-electron chi connectivity index (χ1n) is 8.84. The van der Waals surface area contributed by atoms with Crippen molar-refractivity contribution in [2.24, 2.45) is 0 Å². The van der Waals surface area contributed by atoms with E-state index in [0.29, 0.717) is 29.4 Å². The van der Waals surface area contributed by atoms with Crippen molar-refractivity contribution >= 4 is 22.6 Å². The molecule has 0 saturated carbocycles. The van der Waals surface area contributed by atoms with Gasteiger partial charge in [-0.25, -0.2) is 5.10 Å². The number of rotatable bonds is 3. The first-order chi connectivity index (χ1) is 12.3. The summed E-state index contributed by atoms with van der Waals surface area (Å²) in [7, 11) is 0. The topological polar surface area (TPSA) is 95.2 Å². The van der Waals surface area contributed by atoms with Crippen molar-refractivity contribution in [1.82, 2.24) is 20.4 Å². The zero-order valence-corrected chi connectivity index (χ0v) is 15.3. The van der Waals surface area contributed by atoms with Crippen LogP contribution in [-0.4, -0.2) is 45.0 Å². The summed E-state index contributed by atoms with van der Waals surface area (Å²) in [5, 5.41) is 10.6. The lowest BCUT2D eigenvalue weighted by molar-refractivity contribution is -0.138. The molecule has 2 heterocycles. The van der Waals surface area contributed by atoms with E-state index in [4.69, 9.17) is 0 Å². The van der Waals surface area contributed by atoms with E-state index in [2.05, 4.69) is 15.5 Å². The summed E-state index contributed by atoms with van der Waals surface area (Å²) >= 11 is 0. The monoisotopic (exact) mass is 356 g/mol. The fourth-order valence-corrected chi connectivity index (χ4v) is 3.34. The number of aromatic amines is 1. The smallest absolute Gasteiger partial charge is 0.272 e. The fraction of sp³-hybridized carbons (Fsp3) is 0.474. The summed E-state index contributed by atoms with van der Waals surface area (Å²) in [5.74, 6) is -0.274. The molecular formula is C19H24N4O3. The quantitative estimate of drug-likeness (QED) is 0.868. The van der Waals surface area contributed by atoms with Crippen LogP contribution in [0.1, 0.15) is 39.3 Å². The van der Waals surface area contributed by atoms with Crippen molar-refractivity contribution in [1.29, 1.82) is 0 Å². The van der Waals surface area contributed by atoms with E-state index in [1.165, 1.54) is 0 Å². The van der Waals surface area contributed by atoms with E-state index in [1.54, 1.807) is 23.1 Å². The van der Waals surface area contributed by atoms with Crippen LogP contribution in [0.25, 0.3) is 10.8 Å². The molecular weight excluding hydrogens is 332 g/mol. The van der Waals surface area contributed by atoms with Crippen LogP contribution in [-0.2, 0) is 16.0 Å². The van der Waals surface area contributed by atoms with Crippen LogP contribution in [0.4, 0.5) is 0 Å². The van der Waals surface area contributed by atoms with Crippen molar-refractivity contribution in [3.63, 3.8) is 0 Å². The molecule has 7 nitrogen and oxygen atoms in total. The Morgan fingerprint density at radius 1 is 1.27 bits per heavy atom. The second kappa shape index (κ2) is 6.90. The first-order valence-corrected chi connectivity index (χ1v) is 8.84. The second-order valence-electron chi connectivity index (χ2n) is 7.71. The first kappa shape index (κ1) is 18.1. The highest BCUT2D eigenvalue weighted by Crippen LogP contribution is 2.21. The van der Waals surface area contributed by atoms with Gasteiger partial charge in [-0.2, -0.15) is 5.10 Å². The zero-order chi connectivity index (χ0) is 18.9. The molecule has 0 radical (unpaired) electrons. The zero-order valence-electron chi connectivity index (χ0n) is 15.3. The van der Waals surface area contributed by atoms with E-state index < -0.39 is 6.04 Å². The Kier molecular flexibility index (Phi) is 4.80. The van der Waals surface area contributed by atoms with Gasteiger partial charge in [-0.05, 0) is 39.7 Å². The maximum Gasteiger partial charge on any atom is 0.272 e. The number of amides is 2. The van der Waals surface area contributed by atoms with Gasteiger partial charge in [-0.15, -0.1) is 0 Å². The molecule has 1 saturated heterocycles. The van der Waals surface area contributed by atoms with E-state index in [1.807, 2.05) is 26.8 Å². The van der Waals surface area contributed by atoms with Crippen LogP contribution in [0.15, 0.2) is 29.1 Å². The summed E-state index contributed by atoms with van der Waals surface area (Å²) in [6.07, 6.45) is 1.51. The maximum atomic E-state index is 12.8. The molecule has 1 aliphatic rings. The van der Waals surface area contributed by atoms with Gasteiger partial charge in [0.25, 0.3) is 5.56 Å². The lowest BCUT2D eigenvalue weighted by atomic mass is 10.1. The predicted octanol–water partition coefficient (Wildman–Crippen LogP) is 1.37. The van der Waals surface area contributed by atoms with Crippen molar-refractivity contribution in [2.45, 2.75) is 51.6 Å². The minimum Gasteiger partial charge on any atom is -0.350 e. The van der Waals surface area contributed by atoms with E-state index >= 15 is 0 Å². The molecule has 0 bridgehead atoms. The second-order valence-corrected chi connectivity index (χ2v) is 7.71. The number of nitrogens with zero attached hydrogens (tertiary/aromatic N) is 2. The summed E-state index contributed by atoms with van der Waals surface area (Å²) in [4.78, 5) is 38.9. The van der Waals surface area contributed by atoms with Crippen LogP contribution < -0.4 is 10.9 Å². The third kappa shape index (κ3) is 3.76. The fourth-order valence-electron chi connectivity index (χ4n) is 3.34. The number of hydrogen-bond acceptors (Lipinski definition) is 4. The molecule has 3 rings (SSSR count). The lowest BCUT2D eigenvalue weighted by Gasteiger charge is -2.28. The standard InChI is InChI=1S/C19H24N4O3/c1-19(2,3)20-18(26)15-9-6-10-23(15)16(24)11-14-12-7-4-5-8-13(12)17(25)22-21-14/h4-5,7-8,15H,6,9-11H2,1-3H3,(H,20,26)(H,22,25). The van der Waals surface area contributed by atoms with Crippen LogP contribution >= 0.6 is 0 Å². The van der Waals surface area contributed by atoms with Gasteiger partial charge in [0, 0.05) is 17.5 Å². The Balaban J connectivity index is 1.81. The number of H-pyrrole nitrogens is 1.